The largest absolute Gasteiger partial charge is 0.351 e. The lowest BCUT2D eigenvalue weighted by molar-refractivity contribution is 0.0951. The van der Waals surface area contributed by atoms with Crippen molar-refractivity contribution in [3.8, 4) is 0 Å². The summed E-state index contributed by atoms with van der Waals surface area (Å²) >= 11 is 12.2. The van der Waals surface area contributed by atoms with Crippen molar-refractivity contribution in [2.24, 2.45) is 0 Å². The second kappa shape index (κ2) is 12.5. The van der Waals surface area contributed by atoms with E-state index in [2.05, 4.69) is 10.2 Å². The van der Waals surface area contributed by atoms with E-state index in [-0.39, 0.29) is 17.7 Å². The van der Waals surface area contributed by atoms with Gasteiger partial charge in [-0.2, -0.15) is 0 Å². The van der Waals surface area contributed by atoms with Gasteiger partial charge in [0.15, 0.2) is 9.84 Å². The van der Waals surface area contributed by atoms with Crippen LogP contribution >= 0.6 is 23.2 Å². The SMILES string of the molecule is CN(C)CCNC(=O)c1cccc(CS(=O)(=O)C=C2CN(C(c3ccc(Cl)cc3)c3ccc(Cl)cc3)C2)c1. The number of rotatable bonds is 10. The van der Waals surface area contributed by atoms with Gasteiger partial charge in [0, 0.05) is 47.2 Å². The monoisotopic (exact) mass is 571 g/mol. The minimum absolute atomic E-state index is 0.0490. The maximum absolute atomic E-state index is 13.0. The summed E-state index contributed by atoms with van der Waals surface area (Å²) in [5, 5.41) is 5.56. The molecule has 0 atom stereocenters. The van der Waals surface area contributed by atoms with Crippen LogP contribution in [0, 0.1) is 0 Å². The molecule has 1 aliphatic heterocycles. The molecule has 0 spiro atoms. The number of hydrogen-bond acceptors (Lipinski definition) is 5. The normalized spacial score (nSPS) is 14.0. The van der Waals surface area contributed by atoms with Crippen molar-refractivity contribution < 1.29 is 13.2 Å². The minimum atomic E-state index is -3.52. The lowest BCUT2D eigenvalue weighted by atomic mass is 9.93. The molecule has 200 valence electrons. The molecule has 1 amide bonds. The number of halogens is 2. The Morgan fingerprint density at radius 3 is 2.11 bits per heavy atom. The molecule has 3 aromatic rings. The van der Waals surface area contributed by atoms with Gasteiger partial charge < -0.3 is 10.2 Å². The van der Waals surface area contributed by atoms with Crippen molar-refractivity contribution in [2.45, 2.75) is 11.8 Å². The standard InChI is InChI=1S/C29H31Cl2N3O3S/c1-33(2)15-14-32-29(35)25-5-3-4-21(16-25)19-38(36,37)20-22-17-34(18-22)28(23-6-10-26(30)11-7-23)24-8-12-27(31)13-9-24/h3-13,16,20,28H,14-15,17-19H2,1-2H3,(H,32,35). The summed E-state index contributed by atoms with van der Waals surface area (Å²) in [6.45, 7) is 2.30. The van der Waals surface area contributed by atoms with Gasteiger partial charge in [0.1, 0.15) is 0 Å². The first kappa shape index (κ1) is 28.3. The second-order valence-corrected chi connectivity index (χ2v) is 12.5. The predicted octanol–water partition coefficient (Wildman–Crippen LogP) is 5.19. The van der Waals surface area contributed by atoms with E-state index in [0.717, 1.165) is 23.2 Å². The number of carbonyl (C=O) groups excluding carboxylic acids is 1. The first-order valence-electron chi connectivity index (χ1n) is 12.3. The molecule has 9 heteroatoms. The average Bonchev–Trinajstić information content (AvgIpc) is 2.84. The molecule has 1 heterocycles. The second-order valence-electron chi connectivity index (χ2n) is 9.75. The summed E-state index contributed by atoms with van der Waals surface area (Å²) in [6.07, 6.45) is 0. The Hall–Kier alpha value is -2.68. The summed E-state index contributed by atoms with van der Waals surface area (Å²) in [6, 6.07) is 22.1. The van der Waals surface area contributed by atoms with E-state index in [0.29, 0.717) is 40.8 Å². The summed E-state index contributed by atoms with van der Waals surface area (Å²) in [5.74, 6) is -0.373. The summed E-state index contributed by atoms with van der Waals surface area (Å²) in [7, 11) is 0.350. The Labute approximate surface area is 234 Å². The summed E-state index contributed by atoms with van der Waals surface area (Å²) in [5.41, 5.74) is 4.01. The fourth-order valence-electron chi connectivity index (χ4n) is 4.46. The summed E-state index contributed by atoms with van der Waals surface area (Å²) in [4.78, 5) is 16.6. The van der Waals surface area contributed by atoms with Gasteiger partial charge >= 0.3 is 0 Å². The Bertz CT molecular complexity index is 1350. The molecule has 0 radical (unpaired) electrons. The zero-order valence-electron chi connectivity index (χ0n) is 21.4. The smallest absolute Gasteiger partial charge is 0.251 e. The van der Waals surface area contributed by atoms with Crippen molar-refractivity contribution in [1.29, 1.82) is 0 Å². The number of nitrogens with zero attached hydrogens (tertiary/aromatic N) is 2. The highest BCUT2D eigenvalue weighted by atomic mass is 35.5. The van der Waals surface area contributed by atoms with Gasteiger partial charge in [-0.05, 0) is 72.8 Å². The van der Waals surface area contributed by atoms with E-state index in [1.165, 1.54) is 5.41 Å². The van der Waals surface area contributed by atoms with E-state index in [1.807, 2.05) is 67.5 Å². The first-order valence-corrected chi connectivity index (χ1v) is 14.8. The molecule has 0 saturated carbocycles. The molecule has 0 aliphatic carbocycles. The highest BCUT2D eigenvalue weighted by Crippen LogP contribution is 2.35. The van der Waals surface area contributed by atoms with Gasteiger partial charge in [-0.3, -0.25) is 9.69 Å². The lowest BCUT2D eigenvalue weighted by Crippen LogP contribution is -2.43. The van der Waals surface area contributed by atoms with Gasteiger partial charge in [0.2, 0.25) is 0 Å². The van der Waals surface area contributed by atoms with Crippen molar-refractivity contribution >= 4 is 38.9 Å². The maximum atomic E-state index is 13.0. The van der Waals surface area contributed by atoms with Crippen LogP contribution in [0.1, 0.15) is 33.1 Å². The molecule has 1 saturated heterocycles. The third kappa shape index (κ3) is 7.68. The van der Waals surface area contributed by atoms with Crippen LogP contribution in [0.5, 0.6) is 0 Å². The predicted molar refractivity (Wildman–Crippen MR) is 154 cm³/mol. The van der Waals surface area contributed by atoms with Gasteiger partial charge in [-0.15, -0.1) is 0 Å². The molecule has 6 nitrogen and oxygen atoms in total. The molecule has 38 heavy (non-hydrogen) atoms. The lowest BCUT2D eigenvalue weighted by Gasteiger charge is -2.41. The quantitative estimate of drug-likeness (QED) is 0.362. The van der Waals surface area contributed by atoms with E-state index < -0.39 is 9.84 Å². The van der Waals surface area contributed by atoms with Crippen LogP contribution in [0.2, 0.25) is 10.0 Å². The van der Waals surface area contributed by atoms with Crippen LogP contribution in [0.25, 0.3) is 0 Å². The van der Waals surface area contributed by atoms with E-state index in [1.54, 1.807) is 24.3 Å². The number of sulfone groups is 1. The summed E-state index contributed by atoms with van der Waals surface area (Å²) < 4.78 is 26.0. The topological polar surface area (TPSA) is 69.7 Å². The number of likely N-dealkylation sites (N-methyl/N-ethyl adjacent to an activating group) is 1. The molecule has 1 fully saturated rings. The van der Waals surface area contributed by atoms with Crippen molar-refractivity contribution in [2.75, 3.05) is 40.3 Å². The maximum Gasteiger partial charge on any atom is 0.251 e. The number of nitrogens with one attached hydrogen (secondary N) is 1. The molecular formula is C29H31Cl2N3O3S. The highest BCUT2D eigenvalue weighted by Gasteiger charge is 2.31. The fourth-order valence-corrected chi connectivity index (χ4v) is 6.10. The zero-order chi connectivity index (χ0) is 27.3. The van der Waals surface area contributed by atoms with Gasteiger partial charge in [-0.1, -0.05) is 59.6 Å². The number of amides is 1. The molecule has 4 rings (SSSR count). The van der Waals surface area contributed by atoms with E-state index in [4.69, 9.17) is 23.2 Å². The zero-order valence-corrected chi connectivity index (χ0v) is 23.7. The highest BCUT2D eigenvalue weighted by molar-refractivity contribution is 7.93. The van der Waals surface area contributed by atoms with Crippen molar-refractivity contribution in [3.05, 3.63) is 116 Å². The van der Waals surface area contributed by atoms with Gasteiger partial charge in [-0.25, -0.2) is 8.42 Å². The molecule has 1 N–H and O–H groups in total. The number of benzene rings is 3. The number of carbonyl (C=O) groups is 1. The van der Waals surface area contributed by atoms with Crippen LogP contribution in [0.3, 0.4) is 0 Å². The Morgan fingerprint density at radius 1 is 0.974 bits per heavy atom. The molecular weight excluding hydrogens is 541 g/mol. The van der Waals surface area contributed by atoms with Crippen molar-refractivity contribution in [3.63, 3.8) is 0 Å². The van der Waals surface area contributed by atoms with Crippen LogP contribution in [0.4, 0.5) is 0 Å². The van der Waals surface area contributed by atoms with Crippen LogP contribution in [0.15, 0.2) is 83.8 Å². The van der Waals surface area contributed by atoms with Crippen LogP contribution in [-0.4, -0.2) is 64.4 Å². The average molecular weight is 573 g/mol. The Morgan fingerprint density at radius 2 is 1.55 bits per heavy atom. The van der Waals surface area contributed by atoms with E-state index >= 15 is 0 Å². The van der Waals surface area contributed by atoms with Gasteiger partial charge in [0.05, 0.1) is 11.8 Å². The van der Waals surface area contributed by atoms with E-state index in [9.17, 15) is 13.2 Å². The molecule has 0 unspecified atom stereocenters. The van der Waals surface area contributed by atoms with Crippen LogP contribution in [-0.2, 0) is 15.6 Å². The number of likely N-dealkylation sites (tertiary alicyclic amines) is 1. The fraction of sp³-hybridized carbons (Fsp3) is 0.276. The Kier molecular flexibility index (Phi) is 9.28. The molecule has 0 aromatic heterocycles. The first-order chi connectivity index (χ1) is 18.1. The Balaban J connectivity index is 1.44. The molecule has 3 aromatic carbocycles. The molecule has 0 bridgehead atoms. The minimum Gasteiger partial charge on any atom is -0.351 e. The molecule has 1 aliphatic rings. The van der Waals surface area contributed by atoms with Crippen LogP contribution < -0.4 is 5.32 Å². The third-order valence-corrected chi connectivity index (χ3v) is 8.23. The third-order valence-electron chi connectivity index (χ3n) is 6.30. The van der Waals surface area contributed by atoms with Crippen molar-refractivity contribution in [1.82, 2.24) is 15.1 Å². The van der Waals surface area contributed by atoms with Gasteiger partial charge in [0.25, 0.3) is 5.91 Å². The number of hydrogen-bond donors (Lipinski definition) is 1.